The first kappa shape index (κ1) is 28.2. The summed E-state index contributed by atoms with van der Waals surface area (Å²) in [7, 11) is 0. The van der Waals surface area contributed by atoms with Gasteiger partial charge in [0.1, 0.15) is 0 Å². The fourth-order valence-electron chi connectivity index (χ4n) is 1.70. The van der Waals surface area contributed by atoms with E-state index >= 15 is 0 Å². The average Bonchev–Trinajstić information content (AvgIpc) is 2.54. The van der Waals surface area contributed by atoms with Crippen LogP contribution in [0.3, 0.4) is 0 Å². The highest BCUT2D eigenvalue weighted by Gasteiger charge is 2.27. The van der Waals surface area contributed by atoms with Crippen molar-refractivity contribution in [3.63, 3.8) is 0 Å². The Kier molecular flexibility index (Phi) is 13.0. The Labute approximate surface area is 186 Å². The molecule has 0 heterocycles. The smallest absolute Gasteiger partial charge is 0.271 e. The first-order chi connectivity index (χ1) is 11.6. The van der Waals surface area contributed by atoms with Crippen molar-refractivity contribution >= 4 is 70.8 Å². The number of carbonyl (C=O) groups excluding carboxylic acids is 2. The molecule has 0 radical (unpaired) electrons. The molecule has 0 aliphatic heterocycles. The summed E-state index contributed by atoms with van der Waals surface area (Å²) < 4.78 is 0. The van der Waals surface area contributed by atoms with E-state index in [1.165, 1.54) is 0 Å². The highest BCUT2D eigenvalue weighted by Crippen LogP contribution is 2.26. The van der Waals surface area contributed by atoms with Gasteiger partial charge in [0.05, 0.1) is 21.1 Å². The topological polar surface area (TPSA) is 63.4 Å². The molecule has 0 fully saturated rings. The molecule has 2 aromatic rings. The maximum absolute atomic E-state index is 12.1. The lowest BCUT2D eigenvalue weighted by Gasteiger charge is -2.31. The van der Waals surface area contributed by atoms with Crippen LogP contribution in [-0.4, -0.2) is 21.7 Å². The van der Waals surface area contributed by atoms with Crippen molar-refractivity contribution in [2.45, 2.75) is 26.3 Å². The van der Waals surface area contributed by atoms with Crippen LogP contribution in [0.15, 0.2) is 48.5 Å². The number of nitrogens with zero attached hydrogens (tertiary/aromatic N) is 1. The van der Waals surface area contributed by atoms with Crippen molar-refractivity contribution in [2.24, 2.45) is 5.84 Å². The lowest BCUT2D eigenvalue weighted by molar-refractivity contribution is 0.0582. The van der Waals surface area contributed by atoms with Gasteiger partial charge in [-0.05, 0) is 44.5 Å². The fraction of sp³-hybridized carbons (Fsp3) is 0.222. The predicted octanol–water partition coefficient (Wildman–Crippen LogP) is 6.02. The molecule has 1 amide bonds. The zero-order valence-corrected chi connectivity index (χ0v) is 18.8. The Morgan fingerprint density at radius 2 is 1.33 bits per heavy atom. The van der Waals surface area contributed by atoms with Gasteiger partial charge in [-0.15, -0.1) is 24.8 Å². The summed E-state index contributed by atoms with van der Waals surface area (Å²) in [6.07, 6.45) is 0. The summed E-state index contributed by atoms with van der Waals surface area (Å²) >= 11 is 17.0. The van der Waals surface area contributed by atoms with Crippen LogP contribution >= 0.6 is 59.6 Å². The van der Waals surface area contributed by atoms with Crippen LogP contribution in [0, 0.1) is 0 Å². The molecule has 0 saturated carbocycles. The Morgan fingerprint density at radius 3 is 1.67 bits per heavy atom. The van der Waals surface area contributed by atoms with Crippen molar-refractivity contribution < 1.29 is 9.59 Å². The zero-order valence-electron chi connectivity index (χ0n) is 14.9. The van der Waals surface area contributed by atoms with Gasteiger partial charge in [-0.1, -0.05) is 59.6 Å². The van der Waals surface area contributed by atoms with Crippen molar-refractivity contribution in [3.05, 3.63) is 69.7 Å². The van der Waals surface area contributed by atoms with Crippen LogP contribution in [-0.2, 0) is 0 Å². The second kappa shape index (κ2) is 12.4. The maximum Gasteiger partial charge on any atom is 0.271 e. The molecule has 4 nitrogen and oxygen atoms in total. The monoisotopic (exact) mass is 472 g/mol. The van der Waals surface area contributed by atoms with Gasteiger partial charge in [-0.2, -0.15) is 0 Å². The van der Waals surface area contributed by atoms with Gasteiger partial charge in [0.2, 0.25) is 0 Å². The molecule has 0 bridgehead atoms. The van der Waals surface area contributed by atoms with Crippen LogP contribution in [0.25, 0.3) is 0 Å². The third-order valence-corrected chi connectivity index (χ3v) is 3.97. The molecule has 0 aliphatic carbocycles. The van der Waals surface area contributed by atoms with E-state index in [2.05, 4.69) is 0 Å². The van der Waals surface area contributed by atoms with Gasteiger partial charge in [0.25, 0.3) is 11.1 Å². The third-order valence-electron chi connectivity index (χ3n) is 3.12. The molecule has 9 heteroatoms. The minimum Gasteiger partial charge on any atom is -0.276 e. The largest absolute Gasteiger partial charge is 0.276 e. The summed E-state index contributed by atoms with van der Waals surface area (Å²) in [4.78, 5) is 22.5. The van der Waals surface area contributed by atoms with E-state index in [-0.39, 0.29) is 36.3 Å². The van der Waals surface area contributed by atoms with Crippen LogP contribution < -0.4 is 5.84 Å². The second-order valence-corrected chi connectivity index (χ2v) is 7.24. The molecule has 2 N–H and O–H groups in total. The molecule has 0 atom stereocenters. The highest BCUT2D eigenvalue weighted by molar-refractivity contribution is 6.67. The van der Waals surface area contributed by atoms with Gasteiger partial charge in [-0.25, -0.2) is 5.84 Å². The number of benzene rings is 2. The van der Waals surface area contributed by atoms with Crippen molar-refractivity contribution in [1.29, 1.82) is 0 Å². The van der Waals surface area contributed by atoms with Gasteiger partial charge in [-0.3, -0.25) is 14.6 Å². The Hall–Kier alpha value is -1.01. The third kappa shape index (κ3) is 8.69. The summed E-state index contributed by atoms with van der Waals surface area (Å²) in [5.41, 5.74) is 0.293. The number of hydrogen-bond acceptors (Lipinski definition) is 3. The minimum absolute atomic E-state index is 0. The van der Waals surface area contributed by atoms with Gasteiger partial charge < -0.3 is 0 Å². The van der Waals surface area contributed by atoms with Crippen molar-refractivity contribution in [2.75, 3.05) is 0 Å². The molecular formula is C18H21Cl5N2O2. The normalized spacial score (nSPS) is 9.74. The van der Waals surface area contributed by atoms with Gasteiger partial charge in [0, 0.05) is 5.56 Å². The summed E-state index contributed by atoms with van der Waals surface area (Å²) in [5.74, 6) is 5.34. The van der Waals surface area contributed by atoms with Crippen molar-refractivity contribution in [1.82, 2.24) is 5.01 Å². The quantitative estimate of drug-likeness (QED) is 0.251. The first-order valence-electron chi connectivity index (χ1n) is 7.34. The van der Waals surface area contributed by atoms with Crippen LogP contribution in [0.2, 0.25) is 10.0 Å². The maximum atomic E-state index is 12.1. The predicted molar refractivity (Wildman–Crippen MR) is 118 cm³/mol. The summed E-state index contributed by atoms with van der Waals surface area (Å²) in [5, 5.41) is 1.32. The molecule has 0 saturated heterocycles. The molecule has 2 rings (SSSR count). The number of hydrazine groups is 1. The Bertz CT molecular complexity index is 729. The van der Waals surface area contributed by atoms with E-state index in [1.54, 1.807) is 42.5 Å². The highest BCUT2D eigenvalue weighted by atomic mass is 35.5. The van der Waals surface area contributed by atoms with E-state index in [0.717, 1.165) is 5.01 Å². The molecule has 27 heavy (non-hydrogen) atoms. The molecule has 0 spiro atoms. The first-order valence-corrected chi connectivity index (χ1v) is 8.47. The summed E-state index contributed by atoms with van der Waals surface area (Å²) in [6, 6.07) is 13.6. The Morgan fingerprint density at radius 1 is 0.889 bits per heavy atom. The molecule has 150 valence electrons. The second-order valence-electron chi connectivity index (χ2n) is 6.08. The lowest BCUT2D eigenvalue weighted by Crippen LogP contribution is -2.50. The van der Waals surface area contributed by atoms with Gasteiger partial charge in [0.15, 0.2) is 0 Å². The van der Waals surface area contributed by atoms with Crippen LogP contribution in [0.4, 0.5) is 0 Å². The van der Waals surface area contributed by atoms with Gasteiger partial charge >= 0.3 is 0 Å². The molecule has 0 unspecified atom stereocenters. The molecule has 0 aromatic heterocycles. The minimum atomic E-state index is -0.487. The average molecular weight is 475 g/mol. The summed E-state index contributed by atoms with van der Waals surface area (Å²) in [6.45, 7) is 5.49. The van der Waals surface area contributed by atoms with Crippen molar-refractivity contribution in [3.8, 4) is 0 Å². The number of carbonyl (C=O) groups is 2. The van der Waals surface area contributed by atoms with E-state index in [9.17, 15) is 9.59 Å². The molecular weight excluding hydrogens is 453 g/mol. The SMILES string of the molecule is CC(C)(C)N(N)C(=O)c1c(Cl)cccc1Cl.Cl.Cl.O=C(Cl)c1ccccc1. The number of rotatable bonds is 2. The van der Waals surface area contributed by atoms with E-state index < -0.39 is 10.8 Å². The Balaban J connectivity index is 0. The van der Waals surface area contributed by atoms with E-state index in [0.29, 0.717) is 15.6 Å². The number of nitrogens with two attached hydrogens (primary N) is 1. The van der Waals surface area contributed by atoms with Crippen LogP contribution in [0.5, 0.6) is 0 Å². The molecule has 0 aliphatic rings. The van der Waals surface area contributed by atoms with Crippen LogP contribution in [0.1, 0.15) is 41.5 Å². The fourth-order valence-corrected chi connectivity index (χ4v) is 2.38. The number of halogens is 5. The standard InChI is InChI=1S/C11H14Cl2N2O.C7H5ClO.2ClH/c1-11(2,3)15(14)10(16)9-7(12)5-4-6-8(9)13;8-7(9)6-4-2-1-3-5-6;;/h4-6H,14H2,1-3H3;1-5H;2*1H. The van der Waals surface area contributed by atoms with E-state index in [4.69, 9.17) is 40.6 Å². The number of hydrogen-bond donors (Lipinski definition) is 1. The lowest BCUT2D eigenvalue weighted by atomic mass is 10.1. The zero-order chi connectivity index (χ0) is 19.2. The molecule has 2 aromatic carbocycles. The van der Waals surface area contributed by atoms with E-state index in [1.807, 2.05) is 26.8 Å². The number of amides is 1.